The van der Waals surface area contributed by atoms with Crippen molar-refractivity contribution in [3.05, 3.63) is 0 Å². The number of urea groups is 1. The molecule has 0 bridgehead atoms. The number of amides is 2. The van der Waals surface area contributed by atoms with E-state index in [2.05, 4.69) is 5.32 Å². The molecule has 0 spiro atoms. The minimum absolute atomic E-state index is 0.474. The Morgan fingerprint density at radius 1 is 1.32 bits per heavy atom. The maximum atomic E-state index is 11.9. The molecule has 0 aromatic carbocycles. The van der Waals surface area contributed by atoms with Crippen LogP contribution in [0, 0.1) is 5.92 Å². The van der Waals surface area contributed by atoms with Crippen molar-refractivity contribution in [2.45, 2.75) is 38.6 Å². The highest BCUT2D eigenvalue weighted by molar-refractivity contribution is 5.86. The second-order valence-electron chi connectivity index (χ2n) is 4.77. The van der Waals surface area contributed by atoms with E-state index >= 15 is 0 Å². The standard InChI is InChI=1S/C12H20N2O5/c1-2-14(7-8-4-3-5-8)12(19)13-9(11(17)18)6-10(15)16/h8-9H,2-7H2,1H3,(H,13,19)(H,15,16)(H,17,18)/t9-/m1/s1. The molecule has 0 radical (unpaired) electrons. The van der Waals surface area contributed by atoms with Gasteiger partial charge in [0.2, 0.25) is 0 Å². The predicted octanol–water partition coefficient (Wildman–Crippen LogP) is 0.746. The summed E-state index contributed by atoms with van der Waals surface area (Å²) in [6, 6.07) is -1.90. The Labute approximate surface area is 111 Å². The second kappa shape index (κ2) is 6.96. The van der Waals surface area contributed by atoms with Gasteiger partial charge in [-0.15, -0.1) is 0 Å². The summed E-state index contributed by atoms with van der Waals surface area (Å²) < 4.78 is 0. The SMILES string of the molecule is CCN(CC1CCC1)C(=O)N[C@H](CC(=O)O)C(=O)O. The molecule has 3 N–H and O–H groups in total. The molecule has 7 heteroatoms. The average Bonchev–Trinajstić information content (AvgIpc) is 2.25. The summed E-state index contributed by atoms with van der Waals surface area (Å²) in [5.41, 5.74) is 0. The van der Waals surface area contributed by atoms with Gasteiger partial charge in [0.05, 0.1) is 6.42 Å². The third kappa shape index (κ3) is 4.76. The van der Waals surface area contributed by atoms with Crippen molar-refractivity contribution in [2.24, 2.45) is 5.92 Å². The number of carboxylic acid groups (broad SMARTS) is 2. The molecule has 1 rings (SSSR count). The van der Waals surface area contributed by atoms with Gasteiger partial charge in [-0.3, -0.25) is 4.79 Å². The van der Waals surface area contributed by atoms with E-state index in [4.69, 9.17) is 10.2 Å². The molecule has 0 unspecified atom stereocenters. The highest BCUT2D eigenvalue weighted by Crippen LogP contribution is 2.27. The van der Waals surface area contributed by atoms with E-state index in [0.29, 0.717) is 19.0 Å². The van der Waals surface area contributed by atoms with Gasteiger partial charge in [0.25, 0.3) is 0 Å². The third-order valence-corrected chi connectivity index (χ3v) is 3.35. The van der Waals surface area contributed by atoms with Crippen LogP contribution in [0.1, 0.15) is 32.6 Å². The van der Waals surface area contributed by atoms with E-state index in [1.54, 1.807) is 0 Å². The molecule has 108 valence electrons. The largest absolute Gasteiger partial charge is 0.481 e. The maximum absolute atomic E-state index is 11.9. The van der Waals surface area contributed by atoms with E-state index in [-0.39, 0.29) is 0 Å². The summed E-state index contributed by atoms with van der Waals surface area (Å²) in [5.74, 6) is -2.11. The van der Waals surface area contributed by atoms with Gasteiger partial charge in [0, 0.05) is 13.1 Å². The van der Waals surface area contributed by atoms with Crippen LogP contribution in [0.3, 0.4) is 0 Å². The molecule has 0 aromatic heterocycles. The number of carbonyl (C=O) groups is 3. The lowest BCUT2D eigenvalue weighted by Crippen LogP contribution is -2.50. The zero-order chi connectivity index (χ0) is 14.4. The van der Waals surface area contributed by atoms with Crippen LogP contribution in [0.15, 0.2) is 0 Å². The molecule has 2 amide bonds. The molecule has 1 atom stereocenters. The topological polar surface area (TPSA) is 107 Å². The summed E-state index contributed by atoms with van der Waals surface area (Å²) >= 11 is 0. The molecule has 0 aromatic rings. The van der Waals surface area contributed by atoms with E-state index < -0.39 is 30.4 Å². The van der Waals surface area contributed by atoms with E-state index in [1.165, 1.54) is 11.3 Å². The normalized spacial score (nSPS) is 16.3. The van der Waals surface area contributed by atoms with Crippen molar-refractivity contribution < 1.29 is 24.6 Å². The van der Waals surface area contributed by atoms with Gasteiger partial charge in [-0.1, -0.05) is 6.42 Å². The lowest BCUT2D eigenvalue weighted by atomic mass is 9.85. The van der Waals surface area contributed by atoms with Crippen LogP contribution < -0.4 is 5.32 Å². The first kappa shape index (κ1) is 15.3. The monoisotopic (exact) mass is 272 g/mol. The van der Waals surface area contributed by atoms with Crippen LogP contribution in [0.5, 0.6) is 0 Å². The predicted molar refractivity (Wildman–Crippen MR) is 66.8 cm³/mol. The van der Waals surface area contributed by atoms with Crippen molar-refractivity contribution in [2.75, 3.05) is 13.1 Å². The third-order valence-electron chi connectivity index (χ3n) is 3.35. The van der Waals surface area contributed by atoms with E-state index in [0.717, 1.165) is 12.8 Å². The molecule has 0 saturated heterocycles. The zero-order valence-corrected chi connectivity index (χ0v) is 11.0. The lowest BCUT2D eigenvalue weighted by Gasteiger charge is -2.32. The van der Waals surface area contributed by atoms with Gasteiger partial charge in [-0.05, 0) is 25.7 Å². The molecular weight excluding hydrogens is 252 g/mol. The molecule has 1 aliphatic carbocycles. The van der Waals surface area contributed by atoms with Crippen LogP contribution in [0.4, 0.5) is 4.79 Å². The molecule has 7 nitrogen and oxygen atoms in total. The number of hydrogen-bond acceptors (Lipinski definition) is 3. The fourth-order valence-electron chi connectivity index (χ4n) is 1.96. The number of hydrogen-bond donors (Lipinski definition) is 3. The fourth-order valence-corrected chi connectivity index (χ4v) is 1.96. The van der Waals surface area contributed by atoms with Crippen LogP contribution in [-0.2, 0) is 9.59 Å². The summed E-state index contributed by atoms with van der Waals surface area (Å²) in [7, 11) is 0. The van der Waals surface area contributed by atoms with Gasteiger partial charge < -0.3 is 20.4 Å². The molecule has 1 aliphatic rings. The quantitative estimate of drug-likeness (QED) is 0.634. The smallest absolute Gasteiger partial charge is 0.326 e. The van der Waals surface area contributed by atoms with E-state index in [9.17, 15) is 14.4 Å². The molecule has 1 saturated carbocycles. The Balaban J connectivity index is 2.52. The Kier molecular flexibility index (Phi) is 5.59. The lowest BCUT2D eigenvalue weighted by molar-refractivity contribution is -0.145. The van der Waals surface area contributed by atoms with Crippen LogP contribution >= 0.6 is 0 Å². The first-order valence-corrected chi connectivity index (χ1v) is 6.44. The summed E-state index contributed by atoms with van der Waals surface area (Å²) in [5, 5.41) is 19.7. The minimum atomic E-state index is -1.39. The minimum Gasteiger partial charge on any atom is -0.481 e. The molecule has 0 heterocycles. The van der Waals surface area contributed by atoms with Crippen molar-refractivity contribution in [3.63, 3.8) is 0 Å². The highest BCUT2D eigenvalue weighted by Gasteiger charge is 2.27. The van der Waals surface area contributed by atoms with Crippen molar-refractivity contribution >= 4 is 18.0 Å². The Hall–Kier alpha value is -1.79. The number of carboxylic acids is 2. The number of carbonyl (C=O) groups excluding carboxylic acids is 1. The Morgan fingerprint density at radius 2 is 1.95 bits per heavy atom. The summed E-state index contributed by atoms with van der Waals surface area (Å²) in [6.07, 6.45) is 2.71. The van der Waals surface area contributed by atoms with Gasteiger partial charge in [0.15, 0.2) is 0 Å². The summed E-state index contributed by atoms with van der Waals surface area (Å²) in [4.78, 5) is 34.8. The highest BCUT2D eigenvalue weighted by atomic mass is 16.4. The zero-order valence-electron chi connectivity index (χ0n) is 11.0. The first-order valence-electron chi connectivity index (χ1n) is 6.44. The van der Waals surface area contributed by atoms with Gasteiger partial charge in [-0.2, -0.15) is 0 Å². The van der Waals surface area contributed by atoms with Crippen LogP contribution in [-0.4, -0.2) is 52.2 Å². The van der Waals surface area contributed by atoms with Gasteiger partial charge >= 0.3 is 18.0 Å². The van der Waals surface area contributed by atoms with Crippen molar-refractivity contribution in [1.29, 1.82) is 0 Å². The second-order valence-corrected chi connectivity index (χ2v) is 4.77. The van der Waals surface area contributed by atoms with Crippen molar-refractivity contribution in [1.82, 2.24) is 10.2 Å². The Bertz CT molecular complexity index is 354. The summed E-state index contributed by atoms with van der Waals surface area (Å²) in [6.45, 7) is 2.88. The average molecular weight is 272 g/mol. The molecular formula is C12H20N2O5. The fraction of sp³-hybridized carbons (Fsp3) is 0.750. The number of rotatable bonds is 7. The van der Waals surface area contributed by atoms with Crippen LogP contribution in [0.25, 0.3) is 0 Å². The molecule has 0 aliphatic heterocycles. The van der Waals surface area contributed by atoms with Gasteiger partial charge in [-0.25, -0.2) is 9.59 Å². The number of aliphatic carboxylic acids is 2. The van der Waals surface area contributed by atoms with Crippen LogP contribution in [0.2, 0.25) is 0 Å². The molecule has 1 fully saturated rings. The maximum Gasteiger partial charge on any atom is 0.326 e. The van der Waals surface area contributed by atoms with E-state index in [1.807, 2.05) is 6.92 Å². The first-order chi connectivity index (χ1) is 8.93. The van der Waals surface area contributed by atoms with Gasteiger partial charge in [0.1, 0.15) is 6.04 Å². The Morgan fingerprint density at radius 3 is 2.32 bits per heavy atom. The molecule has 19 heavy (non-hydrogen) atoms. The number of nitrogens with zero attached hydrogens (tertiary/aromatic N) is 1. The number of nitrogens with one attached hydrogen (secondary N) is 1. The van der Waals surface area contributed by atoms with Crippen molar-refractivity contribution in [3.8, 4) is 0 Å².